The SMILES string of the molecule is C[C@H]1CCCC(=O)CCC/C=C/c2cc(O)c(C(CC(=O)NCc3cccc(-c4nccs4)c3)c3ccc4c(c3)OCO4)c(O)c2C(=O)O1. The Kier molecular flexibility index (Phi) is 10.6. The van der Waals surface area contributed by atoms with Crippen molar-refractivity contribution in [1.29, 1.82) is 0 Å². The summed E-state index contributed by atoms with van der Waals surface area (Å²) in [6.07, 6.45) is 7.68. The fraction of sp³-hybridized carbons (Fsp3) is 0.316. The molecule has 10 nitrogen and oxygen atoms in total. The van der Waals surface area contributed by atoms with Gasteiger partial charge in [0.1, 0.15) is 27.9 Å². The molecule has 1 unspecified atom stereocenters. The lowest BCUT2D eigenvalue weighted by atomic mass is 9.84. The van der Waals surface area contributed by atoms with Crippen LogP contribution in [-0.2, 0) is 20.9 Å². The number of esters is 1. The van der Waals surface area contributed by atoms with Crippen LogP contribution in [0.25, 0.3) is 16.6 Å². The number of aromatic nitrogens is 1. The molecule has 4 aromatic rings. The summed E-state index contributed by atoms with van der Waals surface area (Å²) < 4.78 is 16.8. The number of thiazole rings is 1. The molecule has 0 saturated carbocycles. The van der Waals surface area contributed by atoms with Crippen LogP contribution in [0.1, 0.15) is 90.4 Å². The molecule has 1 aromatic heterocycles. The van der Waals surface area contributed by atoms with Crippen LogP contribution in [0.2, 0.25) is 0 Å². The third kappa shape index (κ3) is 8.11. The molecule has 254 valence electrons. The van der Waals surface area contributed by atoms with Crippen molar-refractivity contribution in [2.75, 3.05) is 6.79 Å². The van der Waals surface area contributed by atoms with Crippen LogP contribution in [0.5, 0.6) is 23.0 Å². The number of aromatic hydroxyl groups is 2. The van der Waals surface area contributed by atoms with Gasteiger partial charge in [-0.1, -0.05) is 36.4 Å². The monoisotopic (exact) mass is 682 g/mol. The summed E-state index contributed by atoms with van der Waals surface area (Å²) >= 11 is 1.53. The van der Waals surface area contributed by atoms with E-state index in [-0.39, 0.29) is 53.9 Å². The fourth-order valence-corrected chi connectivity index (χ4v) is 6.81. The molecule has 3 N–H and O–H groups in total. The number of Topliss-reactive ketones (excluding diaryl/α,β-unsaturated/α-hetero) is 1. The van der Waals surface area contributed by atoms with E-state index in [2.05, 4.69) is 10.3 Å². The van der Waals surface area contributed by atoms with Crippen molar-refractivity contribution in [3.8, 4) is 33.6 Å². The van der Waals surface area contributed by atoms with E-state index in [4.69, 9.17) is 14.2 Å². The number of allylic oxidation sites excluding steroid dienone is 1. The molecule has 2 aliphatic rings. The van der Waals surface area contributed by atoms with Crippen LogP contribution in [0.15, 0.2) is 66.2 Å². The number of nitrogens with one attached hydrogen (secondary N) is 1. The summed E-state index contributed by atoms with van der Waals surface area (Å²) in [4.78, 5) is 43.8. The minimum Gasteiger partial charge on any atom is -0.507 e. The predicted octanol–water partition coefficient (Wildman–Crippen LogP) is 7.27. The second kappa shape index (κ2) is 15.4. The highest BCUT2D eigenvalue weighted by Gasteiger charge is 2.32. The fourth-order valence-electron chi connectivity index (χ4n) is 6.17. The minimum atomic E-state index is -0.880. The first kappa shape index (κ1) is 33.7. The highest BCUT2D eigenvalue weighted by Crippen LogP contribution is 2.46. The third-order valence-corrected chi connectivity index (χ3v) is 9.51. The number of benzene rings is 3. The van der Waals surface area contributed by atoms with Gasteiger partial charge < -0.3 is 29.7 Å². The van der Waals surface area contributed by atoms with Gasteiger partial charge in [0.05, 0.1) is 6.10 Å². The summed E-state index contributed by atoms with van der Waals surface area (Å²) in [7, 11) is 0. The Morgan fingerprint density at radius 1 is 1.06 bits per heavy atom. The minimum absolute atomic E-state index is 0.0169. The molecule has 3 aromatic carbocycles. The van der Waals surface area contributed by atoms with E-state index >= 15 is 0 Å². The molecule has 2 aliphatic heterocycles. The second-order valence-electron chi connectivity index (χ2n) is 12.2. The average Bonchev–Trinajstić information content (AvgIpc) is 3.79. The number of amides is 1. The van der Waals surface area contributed by atoms with Crippen molar-refractivity contribution in [2.45, 2.75) is 70.4 Å². The Bertz CT molecular complexity index is 1870. The Hall–Kier alpha value is -5.16. The molecule has 6 rings (SSSR count). The number of fused-ring (bicyclic) bond motifs is 2. The Balaban J connectivity index is 1.34. The van der Waals surface area contributed by atoms with Crippen LogP contribution < -0.4 is 14.8 Å². The van der Waals surface area contributed by atoms with Crippen LogP contribution in [0.3, 0.4) is 0 Å². The van der Waals surface area contributed by atoms with E-state index < -0.39 is 23.7 Å². The molecule has 49 heavy (non-hydrogen) atoms. The lowest BCUT2D eigenvalue weighted by Gasteiger charge is -2.23. The van der Waals surface area contributed by atoms with Crippen molar-refractivity contribution in [3.05, 3.63) is 94.0 Å². The molecular weight excluding hydrogens is 644 g/mol. The quantitative estimate of drug-likeness (QED) is 0.171. The standard InChI is InChI=1S/C38H38N2O8S/c1-23-7-5-12-28(41)11-4-2-3-9-26-18-30(42)35(36(44)34(26)38(45)48-23)29(25-13-14-31-32(19-25)47-22-46-31)20-33(43)40-21-24-8-6-10-27(17-24)37-39-15-16-49-37/h3,6,8-10,13-19,23,29,42,44H,2,4-5,7,11-12,20-22H2,1H3,(H,40,43)/b9-3+/t23-,29?/m0/s1. The van der Waals surface area contributed by atoms with E-state index in [1.54, 1.807) is 43.5 Å². The predicted molar refractivity (Wildman–Crippen MR) is 185 cm³/mol. The normalized spacial score (nSPS) is 17.8. The number of carbonyl (C=O) groups excluding carboxylic acids is 3. The van der Waals surface area contributed by atoms with Gasteiger partial charge in [-0.2, -0.15) is 0 Å². The zero-order chi connectivity index (χ0) is 34.3. The van der Waals surface area contributed by atoms with Gasteiger partial charge in [-0.05, 0) is 73.6 Å². The smallest absolute Gasteiger partial charge is 0.342 e. The van der Waals surface area contributed by atoms with Gasteiger partial charge in [0.25, 0.3) is 0 Å². The maximum absolute atomic E-state index is 13.7. The molecular formula is C38H38N2O8S. The molecule has 11 heteroatoms. The molecule has 0 aliphatic carbocycles. The van der Waals surface area contributed by atoms with Crippen molar-refractivity contribution in [1.82, 2.24) is 10.3 Å². The number of phenols is 2. The number of phenolic OH excluding ortho intramolecular Hbond substituents is 2. The van der Waals surface area contributed by atoms with Gasteiger partial charge >= 0.3 is 5.97 Å². The Labute approximate surface area is 288 Å². The molecule has 0 spiro atoms. The lowest BCUT2D eigenvalue weighted by Crippen LogP contribution is -2.25. The summed E-state index contributed by atoms with van der Waals surface area (Å²) in [5, 5.41) is 29.1. The third-order valence-electron chi connectivity index (χ3n) is 8.68. The summed E-state index contributed by atoms with van der Waals surface area (Å²) in [6, 6.07) is 14.3. The van der Waals surface area contributed by atoms with Crippen molar-refractivity contribution >= 4 is 35.1 Å². The van der Waals surface area contributed by atoms with Crippen molar-refractivity contribution < 1.29 is 38.8 Å². The van der Waals surface area contributed by atoms with E-state index in [0.29, 0.717) is 55.6 Å². The zero-order valence-corrected chi connectivity index (χ0v) is 28.0. The molecule has 0 saturated heterocycles. The summed E-state index contributed by atoms with van der Waals surface area (Å²) in [6.45, 7) is 2.03. The van der Waals surface area contributed by atoms with Gasteiger partial charge in [0.2, 0.25) is 12.7 Å². The lowest BCUT2D eigenvalue weighted by molar-refractivity contribution is -0.121. The van der Waals surface area contributed by atoms with E-state index in [0.717, 1.165) is 16.1 Å². The second-order valence-corrected chi connectivity index (χ2v) is 13.1. The van der Waals surface area contributed by atoms with E-state index in [1.807, 2.05) is 29.6 Å². The summed E-state index contributed by atoms with van der Waals surface area (Å²) in [5.74, 6) is -1.56. The highest BCUT2D eigenvalue weighted by atomic mass is 32.1. The first-order chi connectivity index (χ1) is 23.8. The van der Waals surface area contributed by atoms with Gasteiger partial charge in [-0.3, -0.25) is 9.59 Å². The van der Waals surface area contributed by atoms with E-state index in [1.165, 1.54) is 17.4 Å². The molecule has 3 heterocycles. The van der Waals surface area contributed by atoms with Gasteiger partial charge in [0, 0.05) is 54.4 Å². The topological polar surface area (TPSA) is 144 Å². The molecule has 0 fully saturated rings. The van der Waals surface area contributed by atoms with E-state index in [9.17, 15) is 24.6 Å². The van der Waals surface area contributed by atoms with Gasteiger partial charge in [0.15, 0.2) is 11.5 Å². The number of rotatable bonds is 7. The van der Waals surface area contributed by atoms with Crippen LogP contribution in [-0.4, -0.2) is 45.8 Å². The molecule has 1 amide bonds. The zero-order valence-electron chi connectivity index (χ0n) is 27.1. The Morgan fingerprint density at radius 3 is 2.73 bits per heavy atom. The average molecular weight is 683 g/mol. The molecule has 0 bridgehead atoms. The largest absolute Gasteiger partial charge is 0.507 e. The van der Waals surface area contributed by atoms with Gasteiger partial charge in [-0.15, -0.1) is 11.3 Å². The number of carbonyl (C=O) groups is 3. The summed E-state index contributed by atoms with van der Waals surface area (Å²) in [5.41, 5.74) is 2.58. The highest BCUT2D eigenvalue weighted by molar-refractivity contribution is 7.13. The first-order valence-electron chi connectivity index (χ1n) is 16.4. The number of nitrogens with zero attached hydrogens (tertiary/aromatic N) is 1. The van der Waals surface area contributed by atoms with Gasteiger partial charge in [-0.25, -0.2) is 9.78 Å². The number of ether oxygens (including phenoxy) is 3. The number of hydrogen-bond donors (Lipinski definition) is 3. The number of hydrogen-bond acceptors (Lipinski definition) is 10. The number of ketones is 1. The van der Waals surface area contributed by atoms with Crippen LogP contribution in [0.4, 0.5) is 0 Å². The molecule has 2 atom stereocenters. The first-order valence-corrected chi connectivity index (χ1v) is 17.3. The van der Waals surface area contributed by atoms with Crippen LogP contribution >= 0.6 is 11.3 Å². The Morgan fingerprint density at radius 2 is 1.90 bits per heavy atom. The maximum atomic E-state index is 13.7. The van der Waals surface area contributed by atoms with Crippen molar-refractivity contribution in [2.24, 2.45) is 0 Å². The van der Waals surface area contributed by atoms with Crippen LogP contribution in [0, 0.1) is 0 Å². The van der Waals surface area contributed by atoms with Crippen molar-refractivity contribution in [3.63, 3.8) is 0 Å². The molecule has 0 radical (unpaired) electrons. The maximum Gasteiger partial charge on any atom is 0.342 e. The number of cyclic esters (lactones) is 1.